The molecule has 7 heteroatoms. The molecular formula is C22H45NaO5S. The largest absolute Gasteiger partial charge is 1.00 e. The third-order valence-electron chi connectivity index (χ3n) is 5.16. The van der Waals surface area contributed by atoms with E-state index in [2.05, 4.69) is 11.1 Å². The average Bonchev–Trinajstić information content (AvgIpc) is 2.65. The standard InChI is InChI=1S/C22H46O5S.Na/c1-3-5-6-7-8-9-10-11-12-13-14-15-16-17-18-19-20-26-21-22(4-2)27-28(23,24)25;/h22H,3-21H2,1-2H3,(H,23,24,25);/q;+1/p-1. The van der Waals surface area contributed by atoms with Crippen molar-refractivity contribution in [2.24, 2.45) is 0 Å². The van der Waals surface area contributed by atoms with Gasteiger partial charge in [-0.05, 0) is 12.8 Å². The van der Waals surface area contributed by atoms with Gasteiger partial charge >= 0.3 is 29.6 Å². The second-order valence-electron chi connectivity index (χ2n) is 7.91. The Kier molecular flexibility index (Phi) is 25.9. The third kappa shape index (κ3) is 26.8. The van der Waals surface area contributed by atoms with Crippen LogP contribution in [0.25, 0.3) is 0 Å². The molecule has 0 aromatic carbocycles. The van der Waals surface area contributed by atoms with Crippen molar-refractivity contribution in [3.05, 3.63) is 0 Å². The zero-order chi connectivity index (χ0) is 20.9. The zero-order valence-electron chi connectivity index (χ0n) is 19.5. The molecule has 0 bridgehead atoms. The maximum Gasteiger partial charge on any atom is 1.00 e. The number of hydrogen-bond donors (Lipinski definition) is 0. The van der Waals surface area contributed by atoms with Crippen molar-refractivity contribution >= 4 is 10.4 Å². The maximum atomic E-state index is 10.6. The predicted molar refractivity (Wildman–Crippen MR) is 115 cm³/mol. The van der Waals surface area contributed by atoms with E-state index in [1.54, 1.807) is 6.92 Å². The topological polar surface area (TPSA) is 75.7 Å². The van der Waals surface area contributed by atoms with Crippen molar-refractivity contribution in [2.45, 2.75) is 129 Å². The molecule has 0 N–H and O–H groups in total. The molecule has 1 unspecified atom stereocenters. The van der Waals surface area contributed by atoms with Crippen molar-refractivity contribution in [1.82, 2.24) is 0 Å². The van der Waals surface area contributed by atoms with Crippen LogP contribution in [0.15, 0.2) is 0 Å². The smallest absolute Gasteiger partial charge is 0.726 e. The van der Waals surface area contributed by atoms with Crippen LogP contribution in [0.1, 0.15) is 123 Å². The number of hydrogen-bond acceptors (Lipinski definition) is 5. The summed E-state index contributed by atoms with van der Waals surface area (Å²) in [6, 6.07) is 0. The van der Waals surface area contributed by atoms with E-state index in [0.717, 1.165) is 12.8 Å². The molecule has 0 amide bonds. The van der Waals surface area contributed by atoms with Gasteiger partial charge in [0.1, 0.15) is 0 Å². The first-order valence-electron chi connectivity index (χ1n) is 11.7. The summed E-state index contributed by atoms with van der Waals surface area (Å²) in [6.07, 6.45) is 21.1. The van der Waals surface area contributed by atoms with Crippen LogP contribution in [-0.4, -0.2) is 32.3 Å². The summed E-state index contributed by atoms with van der Waals surface area (Å²) in [4.78, 5) is 0. The molecule has 5 nitrogen and oxygen atoms in total. The van der Waals surface area contributed by atoms with Crippen molar-refractivity contribution in [3.8, 4) is 0 Å². The first-order chi connectivity index (χ1) is 13.5. The molecule has 29 heavy (non-hydrogen) atoms. The minimum absolute atomic E-state index is 0. The SMILES string of the molecule is CCCCCCCCCCCCCCCCCCOCC(CC)OS(=O)(=O)[O-].[Na+]. The second kappa shape index (κ2) is 23.5. The fourth-order valence-corrected chi connectivity index (χ4v) is 3.87. The molecule has 0 saturated heterocycles. The van der Waals surface area contributed by atoms with E-state index < -0.39 is 16.5 Å². The molecule has 0 rings (SSSR count). The van der Waals surface area contributed by atoms with Gasteiger partial charge in [0, 0.05) is 6.61 Å². The Bertz CT molecular complexity index is 417. The summed E-state index contributed by atoms with van der Waals surface area (Å²) in [5.74, 6) is 0. The monoisotopic (exact) mass is 444 g/mol. The number of rotatable bonds is 22. The first-order valence-corrected chi connectivity index (χ1v) is 13.0. The molecule has 0 heterocycles. The fourth-order valence-electron chi connectivity index (χ4n) is 3.35. The van der Waals surface area contributed by atoms with Crippen LogP contribution in [0.3, 0.4) is 0 Å². The Morgan fingerprint density at radius 2 is 1.07 bits per heavy atom. The Morgan fingerprint density at radius 3 is 1.41 bits per heavy atom. The Labute approximate surface area is 203 Å². The average molecular weight is 445 g/mol. The Morgan fingerprint density at radius 1 is 0.690 bits per heavy atom. The van der Waals surface area contributed by atoms with Gasteiger partial charge in [-0.1, -0.05) is 110 Å². The van der Waals surface area contributed by atoms with E-state index in [1.807, 2.05) is 0 Å². The van der Waals surface area contributed by atoms with Crippen LogP contribution in [0.2, 0.25) is 0 Å². The summed E-state index contributed by atoms with van der Waals surface area (Å²) in [5.41, 5.74) is 0. The summed E-state index contributed by atoms with van der Waals surface area (Å²) < 4.78 is 41.5. The van der Waals surface area contributed by atoms with E-state index in [4.69, 9.17) is 4.74 Å². The van der Waals surface area contributed by atoms with E-state index in [1.165, 1.54) is 89.9 Å². The maximum absolute atomic E-state index is 10.6. The van der Waals surface area contributed by atoms with Crippen LogP contribution in [-0.2, 0) is 19.3 Å². The van der Waals surface area contributed by atoms with Gasteiger partial charge in [-0.25, -0.2) is 8.42 Å². The zero-order valence-corrected chi connectivity index (χ0v) is 22.3. The molecule has 0 aliphatic carbocycles. The molecule has 0 fully saturated rings. The quantitative estimate of drug-likeness (QED) is 0.111. The predicted octanol–water partition coefficient (Wildman–Crippen LogP) is 3.52. The van der Waals surface area contributed by atoms with Gasteiger partial charge in [-0.15, -0.1) is 0 Å². The second-order valence-corrected chi connectivity index (χ2v) is 8.92. The normalized spacial score (nSPS) is 12.7. The third-order valence-corrected chi connectivity index (χ3v) is 5.66. The summed E-state index contributed by atoms with van der Waals surface area (Å²) in [6.45, 7) is 4.80. The molecular weight excluding hydrogens is 399 g/mol. The Balaban J connectivity index is 0. The van der Waals surface area contributed by atoms with Crippen molar-refractivity contribution < 1.29 is 51.4 Å². The van der Waals surface area contributed by atoms with Gasteiger partial charge in [0.15, 0.2) is 0 Å². The van der Waals surface area contributed by atoms with Crippen molar-refractivity contribution in [1.29, 1.82) is 0 Å². The van der Waals surface area contributed by atoms with Crippen LogP contribution in [0.5, 0.6) is 0 Å². The van der Waals surface area contributed by atoms with E-state index in [0.29, 0.717) is 13.0 Å². The summed E-state index contributed by atoms with van der Waals surface area (Å²) >= 11 is 0. The van der Waals surface area contributed by atoms with E-state index in [9.17, 15) is 13.0 Å². The molecule has 1 atom stereocenters. The molecule has 0 aromatic heterocycles. The van der Waals surface area contributed by atoms with Crippen LogP contribution < -0.4 is 29.6 Å². The minimum atomic E-state index is -4.64. The summed E-state index contributed by atoms with van der Waals surface area (Å²) in [5, 5.41) is 0. The van der Waals surface area contributed by atoms with Crippen molar-refractivity contribution in [2.75, 3.05) is 13.2 Å². The van der Waals surface area contributed by atoms with Crippen LogP contribution in [0.4, 0.5) is 0 Å². The molecule has 0 aromatic rings. The Hall–Kier alpha value is 0.830. The van der Waals surface area contributed by atoms with Gasteiger partial charge in [-0.3, -0.25) is 4.18 Å². The van der Waals surface area contributed by atoms with Gasteiger partial charge in [0.05, 0.1) is 12.7 Å². The number of ether oxygens (including phenoxy) is 1. The first kappa shape index (κ1) is 32.0. The van der Waals surface area contributed by atoms with Crippen LogP contribution >= 0.6 is 0 Å². The van der Waals surface area contributed by atoms with Gasteiger partial charge in [-0.2, -0.15) is 0 Å². The molecule has 0 aliphatic rings. The fraction of sp³-hybridized carbons (Fsp3) is 1.00. The van der Waals surface area contributed by atoms with Crippen molar-refractivity contribution in [3.63, 3.8) is 0 Å². The minimum Gasteiger partial charge on any atom is -0.726 e. The van der Waals surface area contributed by atoms with Gasteiger partial charge in [0.25, 0.3) is 0 Å². The van der Waals surface area contributed by atoms with E-state index in [-0.39, 0.29) is 36.2 Å². The van der Waals surface area contributed by atoms with Crippen LogP contribution in [0, 0.1) is 0 Å². The molecule has 0 spiro atoms. The molecule has 0 aliphatic heterocycles. The molecule has 0 radical (unpaired) electrons. The van der Waals surface area contributed by atoms with Gasteiger partial charge in [0.2, 0.25) is 10.4 Å². The number of unbranched alkanes of at least 4 members (excludes halogenated alkanes) is 15. The summed E-state index contributed by atoms with van der Waals surface area (Å²) in [7, 11) is -4.64. The molecule has 0 saturated carbocycles. The van der Waals surface area contributed by atoms with Gasteiger partial charge < -0.3 is 9.29 Å². The van der Waals surface area contributed by atoms with E-state index >= 15 is 0 Å². The molecule has 170 valence electrons.